The molecule has 0 radical (unpaired) electrons. The number of aromatic nitrogens is 3. The van der Waals surface area contributed by atoms with Crippen molar-refractivity contribution in [3.63, 3.8) is 0 Å². The predicted octanol–water partition coefficient (Wildman–Crippen LogP) is 2.38. The van der Waals surface area contributed by atoms with Crippen molar-refractivity contribution < 1.29 is 9.53 Å². The van der Waals surface area contributed by atoms with Crippen LogP contribution in [0.1, 0.15) is 18.2 Å². The second-order valence-corrected chi connectivity index (χ2v) is 6.86. The molecule has 2 aliphatic rings. The number of anilines is 1. The molecule has 0 bridgehead atoms. The Morgan fingerprint density at radius 2 is 2.38 bits per heavy atom. The largest absolute Gasteiger partial charge is 0.368 e. The molecule has 8 heteroatoms. The highest BCUT2D eigenvalue weighted by atomic mass is 32.2. The first-order valence-electron chi connectivity index (χ1n) is 7.95. The lowest BCUT2D eigenvalue weighted by molar-refractivity contribution is -0.0595. The van der Waals surface area contributed by atoms with Crippen molar-refractivity contribution in [2.45, 2.75) is 30.1 Å². The van der Waals surface area contributed by atoms with Crippen LogP contribution in [-0.4, -0.2) is 51.4 Å². The molecule has 1 aromatic carbocycles. The number of hydrogen-bond donors (Lipinski definition) is 1. The topological polar surface area (TPSA) is 72.3 Å². The van der Waals surface area contributed by atoms with Crippen molar-refractivity contribution >= 4 is 23.5 Å². The van der Waals surface area contributed by atoms with E-state index in [9.17, 15) is 4.79 Å². The summed E-state index contributed by atoms with van der Waals surface area (Å²) >= 11 is 1.65. The lowest BCUT2D eigenvalue weighted by atomic mass is 10.0. The van der Waals surface area contributed by atoms with Gasteiger partial charge in [-0.1, -0.05) is 11.3 Å². The summed E-state index contributed by atoms with van der Waals surface area (Å²) < 4.78 is 7.86. The molecular weight excluding hydrogens is 326 g/mol. The molecular formula is C16H19N5O2S. The Hall–Kier alpha value is -2.06. The van der Waals surface area contributed by atoms with Gasteiger partial charge >= 0.3 is 6.03 Å². The summed E-state index contributed by atoms with van der Waals surface area (Å²) in [7, 11) is 0. The van der Waals surface area contributed by atoms with Crippen LogP contribution in [0.25, 0.3) is 0 Å². The van der Waals surface area contributed by atoms with Gasteiger partial charge in [0.05, 0.1) is 37.2 Å². The number of ether oxygens (including phenoxy) is 1. The van der Waals surface area contributed by atoms with Gasteiger partial charge in [-0.15, -0.1) is 16.9 Å². The molecule has 1 aromatic heterocycles. The first-order valence-corrected chi connectivity index (χ1v) is 9.18. The number of piperidine rings is 1. The van der Waals surface area contributed by atoms with Gasteiger partial charge in [-0.05, 0) is 30.9 Å². The molecule has 3 heterocycles. The number of nitrogens with zero attached hydrogens (tertiary/aromatic N) is 4. The first-order chi connectivity index (χ1) is 11.7. The van der Waals surface area contributed by atoms with E-state index in [4.69, 9.17) is 4.74 Å². The number of rotatable bonds is 2. The Kier molecular flexibility index (Phi) is 4.15. The van der Waals surface area contributed by atoms with E-state index in [0.29, 0.717) is 19.7 Å². The van der Waals surface area contributed by atoms with E-state index in [1.165, 1.54) is 0 Å². The quantitative estimate of drug-likeness (QED) is 0.846. The Labute approximate surface area is 144 Å². The average Bonchev–Trinajstić information content (AvgIpc) is 3.10. The van der Waals surface area contributed by atoms with Crippen molar-refractivity contribution in [2.24, 2.45) is 0 Å². The first kappa shape index (κ1) is 15.5. The van der Waals surface area contributed by atoms with Crippen LogP contribution in [-0.2, 0) is 11.3 Å². The number of nitrogens with one attached hydrogen (secondary N) is 1. The summed E-state index contributed by atoms with van der Waals surface area (Å²) in [5.41, 5.74) is 1.82. The van der Waals surface area contributed by atoms with Crippen LogP contribution in [0.3, 0.4) is 0 Å². The lowest BCUT2D eigenvalue weighted by Gasteiger charge is -2.40. The molecule has 0 unspecified atom stereocenters. The van der Waals surface area contributed by atoms with Crippen LogP contribution in [0.15, 0.2) is 35.4 Å². The van der Waals surface area contributed by atoms with Crippen LogP contribution in [0.4, 0.5) is 10.5 Å². The van der Waals surface area contributed by atoms with E-state index in [-0.39, 0.29) is 18.2 Å². The van der Waals surface area contributed by atoms with Crippen LogP contribution in [0.5, 0.6) is 0 Å². The van der Waals surface area contributed by atoms with Crippen molar-refractivity contribution in [1.29, 1.82) is 0 Å². The molecule has 1 saturated heterocycles. The van der Waals surface area contributed by atoms with Crippen LogP contribution < -0.4 is 5.32 Å². The van der Waals surface area contributed by atoms with Gasteiger partial charge in [0, 0.05) is 17.1 Å². The van der Waals surface area contributed by atoms with Crippen LogP contribution in [0.2, 0.25) is 0 Å². The van der Waals surface area contributed by atoms with E-state index < -0.39 is 0 Å². The number of amides is 2. The standard InChI is InChI=1S/C16H19N5O2S/c1-24-13-4-2-3-11(7-13)18-16(22)20-6-5-14-15(9-20)23-10-12-8-17-19-21(12)14/h2-4,7-8,14-15H,5-6,9-10H2,1H3,(H,18,22)/t14-,15-/m0/s1. The van der Waals surface area contributed by atoms with Gasteiger partial charge in [0.25, 0.3) is 0 Å². The predicted molar refractivity (Wildman–Crippen MR) is 91.1 cm³/mol. The van der Waals surface area contributed by atoms with Gasteiger partial charge in [0.2, 0.25) is 0 Å². The van der Waals surface area contributed by atoms with E-state index in [1.54, 1.807) is 18.0 Å². The molecule has 2 amide bonds. The van der Waals surface area contributed by atoms with Gasteiger partial charge in [-0.2, -0.15) is 0 Å². The number of thioether (sulfide) groups is 1. The molecule has 2 atom stereocenters. The number of likely N-dealkylation sites (tertiary alicyclic amines) is 1. The molecule has 2 aliphatic heterocycles. The maximum atomic E-state index is 12.6. The molecule has 0 aliphatic carbocycles. The summed E-state index contributed by atoms with van der Waals surface area (Å²) in [6.45, 7) is 1.75. The van der Waals surface area contributed by atoms with Gasteiger partial charge in [-0.3, -0.25) is 0 Å². The van der Waals surface area contributed by atoms with Crippen molar-refractivity contribution in [1.82, 2.24) is 19.9 Å². The van der Waals surface area contributed by atoms with Gasteiger partial charge in [0.1, 0.15) is 0 Å². The minimum Gasteiger partial charge on any atom is -0.368 e. The monoisotopic (exact) mass is 345 g/mol. The highest BCUT2D eigenvalue weighted by molar-refractivity contribution is 7.98. The number of fused-ring (bicyclic) bond motifs is 3. The zero-order chi connectivity index (χ0) is 16.5. The highest BCUT2D eigenvalue weighted by Crippen LogP contribution is 2.30. The third kappa shape index (κ3) is 2.87. The van der Waals surface area contributed by atoms with Crippen LogP contribution in [0, 0.1) is 0 Å². The normalized spacial score (nSPS) is 22.6. The molecule has 1 N–H and O–H groups in total. The van der Waals surface area contributed by atoms with E-state index in [1.807, 2.05) is 40.1 Å². The fourth-order valence-corrected chi connectivity index (χ4v) is 3.73. The molecule has 4 rings (SSSR count). The smallest absolute Gasteiger partial charge is 0.321 e. The number of benzene rings is 1. The summed E-state index contributed by atoms with van der Waals surface area (Å²) in [4.78, 5) is 15.5. The lowest BCUT2D eigenvalue weighted by Crippen LogP contribution is -2.51. The zero-order valence-electron chi connectivity index (χ0n) is 13.4. The zero-order valence-corrected chi connectivity index (χ0v) is 14.2. The van der Waals surface area contributed by atoms with E-state index >= 15 is 0 Å². The Morgan fingerprint density at radius 3 is 3.25 bits per heavy atom. The fourth-order valence-electron chi connectivity index (χ4n) is 3.28. The SMILES string of the molecule is CSc1cccc(NC(=O)N2CC[C@H]3[C@H](C2)OCc2cnnn23)c1. The number of hydrogen-bond acceptors (Lipinski definition) is 5. The Balaban J connectivity index is 1.42. The van der Waals surface area contributed by atoms with Crippen molar-refractivity contribution in [3.05, 3.63) is 36.2 Å². The summed E-state index contributed by atoms with van der Waals surface area (Å²) in [6.07, 6.45) is 4.55. The molecule has 126 valence electrons. The van der Waals surface area contributed by atoms with E-state index in [0.717, 1.165) is 22.7 Å². The third-order valence-electron chi connectivity index (χ3n) is 4.54. The second-order valence-electron chi connectivity index (χ2n) is 5.98. The fraction of sp³-hybridized carbons (Fsp3) is 0.438. The molecule has 2 aromatic rings. The maximum absolute atomic E-state index is 12.6. The number of carbonyl (C=O) groups excluding carboxylic acids is 1. The summed E-state index contributed by atoms with van der Waals surface area (Å²) in [5.74, 6) is 0. The minimum atomic E-state index is -0.0836. The highest BCUT2D eigenvalue weighted by Gasteiger charge is 2.37. The van der Waals surface area contributed by atoms with E-state index in [2.05, 4.69) is 15.6 Å². The Bertz CT molecular complexity index is 750. The van der Waals surface area contributed by atoms with Crippen molar-refractivity contribution in [2.75, 3.05) is 24.7 Å². The average molecular weight is 345 g/mol. The molecule has 1 fully saturated rings. The molecule has 0 spiro atoms. The van der Waals surface area contributed by atoms with Crippen LogP contribution >= 0.6 is 11.8 Å². The molecule has 24 heavy (non-hydrogen) atoms. The third-order valence-corrected chi connectivity index (χ3v) is 5.27. The molecule has 7 nitrogen and oxygen atoms in total. The second kappa shape index (κ2) is 6.45. The molecule has 0 saturated carbocycles. The van der Waals surface area contributed by atoms with Gasteiger partial charge in [0.15, 0.2) is 0 Å². The maximum Gasteiger partial charge on any atom is 0.321 e. The summed E-state index contributed by atoms with van der Waals surface area (Å²) in [5, 5.41) is 11.1. The van der Waals surface area contributed by atoms with Crippen molar-refractivity contribution in [3.8, 4) is 0 Å². The number of carbonyl (C=O) groups is 1. The summed E-state index contributed by atoms with van der Waals surface area (Å²) in [6, 6.07) is 7.94. The Morgan fingerprint density at radius 1 is 1.46 bits per heavy atom. The van der Waals surface area contributed by atoms with Gasteiger partial charge < -0.3 is 15.0 Å². The number of urea groups is 1. The van der Waals surface area contributed by atoms with Gasteiger partial charge in [-0.25, -0.2) is 9.48 Å². The minimum absolute atomic E-state index is 0.0313.